The van der Waals surface area contributed by atoms with Crippen molar-refractivity contribution in [2.75, 3.05) is 24.7 Å². The van der Waals surface area contributed by atoms with Gasteiger partial charge in [0.15, 0.2) is 16.4 Å². The van der Waals surface area contributed by atoms with Gasteiger partial charge in [-0.05, 0) is 18.9 Å². The van der Waals surface area contributed by atoms with E-state index in [0.29, 0.717) is 19.4 Å². The fourth-order valence-electron chi connectivity index (χ4n) is 2.93. The molecular formula is C17H21ClN2O7S. The molecule has 1 aromatic rings. The summed E-state index contributed by atoms with van der Waals surface area (Å²) in [5.74, 6) is -1.55. The lowest BCUT2D eigenvalue weighted by Crippen LogP contribution is -2.43. The second kappa shape index (κ2) is 9.33. The second-order valence-corrected chi connectivity index (χ2v) is 9.13. The second-order valence-electron chi connectivity index (χ2n) is 6.49. The molecule has 1 amide bonds. The Hall–Kier alpha value is -2.20. The van der Waals surface area contributed by atoms with E-state index in [9.17, 15) is 28.1 Å². The van der Waals surface area contributed by atoms with Crippen molar-refractivity contribution in [3.63, 3.8) is 0 Å². The summed E-state index contributed by atoms with van der Waals surface area (Å²) in [5.41, 5.74) is -0.546. The van der Waals surface area contributed by atoms with Gasteiger partial charge in [-0.15, -0.1) is 0 Å². The molecule has 1 saturated heterocycles. The molecule has 0 bridgehead atoms. The van der Waals surface area contributed by atoms with Gasteiger partial charge in [-0.3, -0.25) is 14.9 Å². The maximum Gasteiger partial charge on any atom is 0.340 e. The first-order valence-electron chi connectivity index (χ1n) is 8.75. The van der Waals surface area contributed by atoms with Crippen molar-refractivity contribution in [2.24, 2.45) is 0 Å². The lowest BCUT2D eigenvalue weighted by atomic mass is 10.2. The highest BCUT2D eigenvalue weighted by molar-refractivity contribution is 7.91. The quantitative estimate of drug-likeness (QED) is 0.350. The number of non-ortho nitro benzene ring substituents is 1. The number of esters is 1. The van der Waals surface area contributed by atoms with E-state index >= 15 is 0 Å². The third-order valence-corrected chi connectivity index (χ3v) is 6.51. The number of nitro groups is 1. The third-order valence-electron chi connectivity index (χ3n) is 4.43. The zero-order valence-electron chi connectivity index (χ0n) is 15.3. The molecule has 1 heterocycles. The highest BCUT2D eigenvalue weighted by Gasteiger charge is 2.34. The van der Waals surface area contributed by atoms with E-state index in [0.717, 1.165) is 18.6 Å². The van der Waals surface area contributed by atoms with Crippen molar-refractivity contribution in [1.82, 2.24) is 4.90 Å². The molecule has 1 atom stereocenters. The number of hydrogen-bond donors (Lipinski definition) is 0. The molecule has 0 N–H and O–H groups in total. The number of ether oxygens (including phenoxy) is 1. The number of carbonyl (C=O) groups excluding carboxylic acids is 2. The van der Waals surface area contributed by atoms with Crippen LogP contribution in [0.4, 0.5) is 5.69 Å². The molecule has 11 heteroatoms. The number of halogens is 1. The maximum absolute atomic E-state index is 12.6. The van der Waals surface area contributed by atoms with Crippen LogP contribution in [-0.4, -0.2) is 60.8 Å². The van der Waals surface area contributed by atoms with Crippen LogP contribution in [0.15, 0.2) is 18.2 Å². The number of carbonyl (C=O) groups is 2. The van der Waals surface area contributed by atoms with Crippen LogP contribution in [0.5, 0.6) is 0 Å². The molecule has 0 aromatic heterocycles. The Kier molecular flexibility index (Phi) is 7.36. The predicted molar refractivity (Wildman–Crippen MR) is 102 cm³/mol. The van der Waals surface area contributed by atoms with E-state index < -0.39 is 39.3 Å². The van der Waals surface area contributed by atoms with Gasteiger partial charge in [0.1, 0.15) is 0 Å². The Bertz CT molecular complexity index is 872. The van der Waals surface area contributed by atoms with Crippen LogP contribution in [0, 0.1) is 10.1 Å². The average molecular weight is 433 g/mol. The molecule has 1 aliphatic heterocycles. The van der Waals surface area contributed by atoms with Crippen LogP contribution < -0.4 is 0 Å². The van der Waals surface area contributed by atoms with E-state index in [4.69, 9.17) is 16.3 Å². The Morgan fingerprint density at radius 2 is 2.11 bits per heavy atom. The van der Waals surface area contributed by atoms with Gasteiger partial charge in [0, 0.05) is 24.7 Å². The number of nitro benzene ring substituents is 1. The molecular weight excluding hydrogens is 412 g/mol. The van der Waals surface area contributed by atoms with Gasteiger partial charge in [0.25, 0.3) is 11.6 Å². The summed E-state index contributed by atoms with van der Waals surface area (Å²) < 4.78 is 28.4. The molecule has 1 fully saturated rings. The lowest BCUT2D eigenvalue weighted by molar-refractivity contribution is -0.384. The number of hydrogen-bond acceptors (Lipinski definition) is 7. The summed E-state index contributed by atoms with van der Waals surface area (Å²) >= 11 is 5.89. The van der Waals surface area contributed by atoms with Gasteiger partial charge in [-0.1, -0.05) is 24.9 Å². The van der Waals surface area contributed by atoms with Crippen LogP contribution in [0.3, 0.4) is 0 Å². The largest absolute Gasteiger partial charge is 0.452 e. The van der Waals surface area contributed by atoms with Crippen LogP contribution in [0.25, 0.3) is 0 Å². The van der Waals surface area contributed by atoms with Crippen molar-refractivity contribution in [2.45, 2.75) is 32.2 Å². The molecule has 9 nitrogen and oxygen atoms in total. The molecule has 1 aliphatic rings. The molecule has 0 aliphatic carbocycles. The smallest absolute Gasteiger partial charge is 0.340 e. The minimum Gasteiger partial charge on any atom is -0.452 e. The number of rotatable bonds is 8. The maximum atomic E-state index is 12.6. The van der Waals surface area contributed by atoms with Gasteiger partial charge in [-0.25, -0.2) is 13.2 Å². The molecule has 0 spiro atoms. The highest BCUT2D eigenvalue weighted by atomic mass is 35.5. The SMILES string of the molecule is CCCCN(C(=O)COC(=O)c1cc([N+](=O)[O-])ccc1Cl)C1CCS(=O)(=O)C1. The Morgan fingerprint density at radius 1 is 1.39 bits per heavy atom. The van der Waals surface area contributed by atoms with Crippen LogP contribution >= 0.6 is 11.6 Å². The molecule has 0 radical (unpaired) electrons. The number of nitrogens with zero attached hydrogens (tertiary/aromatic N) is 2. The van der Waals surface area contributed by atoms with E-state index in [1.807, 2.05) is 6.92 Å². The number of sulfone groups is 1. The van der Waals surface area contributed by atoms with Crippen molar-refractivity contribution in [3.05, 3.63) is 38.9 Å². The first-order chi connectivity index (χ1) is 13.1. The molecule has 28 heavy (non-hydrogen) atoms. The van der Waals surface area contributed by atoms with Crippen molar-refractivity contribution < 1.29 is 27.7 Å². The predicted octanol–water partition coefficient (Wildman–Crippen LogP) is 2.22. The number of unbranched alkanes of at least 4 members (excludes halogenated alkanes) is 1. The van der Waals surface area contributed by atoms with E-state index in [1.165, 1.54) is 11.0 Å². The highest BCUT2D eigenvalue weighted by Crippen LogP contribution is 2.23. The van der Waals surface area contributed by atoms with Gasteiger partial charge in [-0.2, -0.15) is 0 Å². The summed E-state index contributed by atoms with van der Waals surface area (Å²) in [6, 6.07) is 2.89. The van der Waals surface area contributed by atoms with Gasteiger partial charge in [0.05, 0.1) is 27.0 Å². The summed E-state index contributed by atoms with van der Waals surface area (Å²) in [6.45, 7) is 1.71. The first-order valence-corrected chi connectivity index (χ1v) is 11.0. The summed E-state index contributed by atoms with van der Waals surface area (Å²) in [6.07, 6.45) is 1.85. The fourth-order valence-corrected chi connectivity index (χ4v) is 4.86. The van der Waals surface area contributed by atoms with E-state index in [2.05, 4.69) is 0 Å². The standard InChI is InChI=1S/C17H21ClN2O7S/c1-2-3-7-19(13-6-8-28(25,26)11-13)16(21)10-27-17(22)14-9-12(20(23)24)4-5-15(14)18/h4-5,9,13H,2-3,6-8,10-11H2,1H3. The molecule has 1 aromatic carbocycles. The fraction of sp³-hybridized carbons (Fsp3) is 0.529. The lowest BCUT2D eigenvalue weighted by Gasteiger charge is -2.28. The Balaban J connectivity index is 2.06. The Morgan fingerprint density at radius 3 is 2.68 bits per heavy atom. The van der Waals surface area contributed by atoms with Gasteiger partial charge >= 0.3 is 5.97 Å². The normalized spacial score (nSPS) is 17.9. The topological polar surface area (TPSA) is 124 Å². The zero-order valence-corrected chi connectivity index (χ0v) is 16.9. The van der Waals surface area contributed by atoms with E-state index in [1.54, 1.807) is 0 Å². The van der Waals surface area contributed by atoms with Crippen molar-refractivity contribution >= 4 is 39.0 Å². The van der Waals surface area contributed by atoms with Crippen LogP contribution in [-0.2, 0) is 19.4 Å². The zero-order chi connectivity index (χ0) is 20.9. The summed E-state index contributed by atoms with van der Waals surface area (Å²) in [7, 11) is -3.17. The monoisotopic (exact) mass is 432 g/mol. The summed E-state index contributed by atoms with van der Waals surface area (Å²) in [4.78, 5) is 36.4. The Labute approximate surface area is 167 Å². The molecule has 2 rings (SSSR count). The van der Waals surface area contributed by atoms with Crippen LogP contribution in [0.1, 0.15) is 36.5 Å². The number of amides is 1. The number of benzene rings is 1. The molecule has 154 valence electrons. The van der Waals surface area contributed by atoms with Crippen molar-refractivity contribution in [3.8, 4) is 0 Å². The minimum atomic E-state index is -3.17. The van der Waals surface area contributed by atoms with Gasteiger partial charge in [0.2, 0.25) is 0 Å². The first kappa shape index (κ1) is 22.1. The van der Waals surface area contributed by atoms with Crippen LogP contribution in [0.2, 0.25) is 5.02 Å². The molecule has 0 saturated carbocycles. The van der Waals surface area contributed by atoms with Gasteiger partial charge < -0.3 is 9.64 Å². The third kappa shape index (κ3) is 5.65. The minimum absolute atomic E-state index is 0.0245. The molecule has 1 unspecified atom stereocenters. The summed E-state index contributed by atoms with van der Waals surface area (Å²) in [5, 5.41) is 10.8. The van der Waals surface area contributed by atoms with E-state index in [-0.39, 0.29) is 27.8 Å². The van der Waals surface area contributed by atoms with Crippen molar-refractivity contribution in [1.29, 1.82) is 0 Å². The average Bonchev–Trinajstić information content (AvgIpc) is 2.99.